The van der Waals surface area contributed by atoms with E-state index in [4.69, 9.17) is 0 Å². The van der Waals surface area contributed by atoms with E-state index in [0.29, 0.717) is 11.8 Å². The first kappa shape index (κ1) is 12.1. The molecular weight excluding hydrogens is 252 g/mol. The van der Waals surface area contributed by atoms with E-state index < -0.39 is 0 Å². The quantitative estimate of drug-likeness (QED) is 0.898. The van der Waals surface area contributed by atoms with E-state index in [0.717, 1.165) is 43.0 Å². The third-order valence-electron chi connectivity index (χ3n) is 4.67. The lowest BCUT2D eigenvalue weighted by Gasteiger charge is -2.25. The van der Waals surface area contributed by atoms with Gasteiger partial charge in [0.2, 0.25) is 0 Å². The van der Waals surface area contributed by atoms with Gasteiger partial charge in [-0.05, 0) is 38.8 Å². The van der Waals surface area contributed by atoms with Crippen LogP contribution >= 0.6 is 0 Å². The van der Waals surface area contributed by atoms with Gasteiger partial charge in [-0.25, -0.2) is 0 Å². The van der Waals surface area contributed by atoms with Crippen LogP contribution in [0.3, 0.4) is 0 Å². The molecule has 4 rings (SSSR count). The first-order valence-electron chi connectivity index (χ1n) is 7.54. The van der Waals surface area contributed by atoms with Gasteiger partial charge in [-0.1, -0.05) is 0 Å². The Morgan fingerprint density at radius 3 is 2.60 bits per heavy atom. The second kappa shape index (κ2) is 4.45. The topological polar surface area (TPSA) is 51.3 Å². The highest BCUT2D eigenvalue weighted by Crippen LogP contribution is 2.39. The molecule has 1 aliphatic carbocycles. The molecule has 0 bridgehead atoms. The zero-order chi connectivity index (χ0) is 13.7. The molecule has 2 aromatic rings. The lowest BCUT2D eigenvalue weighted by Crippen LogP contribution is -2.29. The fraction of sp³-hybridized carbons (Fsp3) is 0.600. The van der Waals surface area contributed by atoms with Gasteiger partial charge in [-0.3, -0.25) is 4.79 Å². The third-order valence-corrected chi connectivity index (χ3v) is 4.67. The molecule has 20 heavy (non-hydrogen) atoms. The number of piperidine rings is 1. The van der Waals surface area contributed by atoms with Crippen molar-refractivity contribution in [2.45, 2.75) is 37.5 Å². The van der Waals surface area contributed by atoms with Crippen molar-refractivity contribution < 1.29 is 0 Å². The Morgan fingerprint density at radius 1 is 1.15 bits per heavy atom. The molecule has 0 amide bonds. The molecule has 2 aliphatic rings. The Kier molecular flexibility index (Phi) is 2.70. The zero-order valence-electron chi connectivity index (χ0n) is 11.8. The number of nitrogens with zero attached hydrogens (tertiary/aromatic N) is 3. The first-order valence-corrected chi connectivity index (χ1v) is 7.54. The molecule has 2 fully saturated rings. The van der Waals surface area contributed by atoms with E-state index in [9.17, 15) is 4.79 Å². The standard InChI is InChI=1S/C15H20N4O/c1-18-13(11-4-6-16-7-5-11)9-15(20)19-14(18)8-12(17-19)10-2-3-10/h8-11,16H,2-7H2,1H3. The van der Waals surface area contributed by atoms with E-state index in [1.165, 1.54) is 12.8 Å². The van der Waals surface area contributed by atoms with Crippen LogP contribution in [-0.2, 0) is 7.05 Å². The van der Waals surface area contributed by atoms with E-state index in [1.54, 1.807) is 10.6 Å². The second-order valence-electron chi connectivity index (χ2n) is 6.10. The summed E-state index contributed by atoms with van der Waals surface area (Å²) in [5.74, 6) is 1.06. The van der Waals surface area contributed by atoms with Crippen molar-refractivity contribution in [3.63, 3.8) is 0 Å². The molecule has 3 heterocycles. The van der Waals surface area contributed by atoms with Crippen LogP contribution in [-0.4, -0.2) is 27.3 Å². The van der Waals surface area contributed by atoms with Crippen molar-refractivity contribution >= 4 is 5.65 Å². The lowest BCUT2D eigenvalue weighted by atomic mass is 9.94. The van der Waals surface area contributed by atoms with Gasteiger partial charge in [0.25, 0.3) is 5.56 Å². The molecule has 1 saturated carbocycles. The molecule has 0 radical (unpaired) electrons. The maximum absolute atomic E-state index is 12.3. The Morgan fingerprint density at radius 2 is 1.90 bits per heavy atom. The average molecular weight is 272 g/mol. The summed E-state index contributed by atoms with van der Waals surface area (Å²) in [7, 11) is 2.06. The number of nitrogens with one attached hydrogen (secondary N) is 1. The third kappa shape index (κ3) is 1.88. The molecular formula is C15H20N4O. The van der Waals surface area contributed by atoms with Crippen LogP contribution < -0.4 is 10.9 Å². The number of fused-ring (bicyclic) bond motifs is 1. The van der Waals surface area contributed by atoms with E-state index >= 15 is 0 Å². The number of aromatic nitrogens is 3. The molecule has 0 atom stereocenters. The fourth-order valence-corrected chi connectivity index (χ4v) is 3.29. The van der Waals surface area contributed by atoms with Crippen molar-refractivity contribution in [1.82, 2.24) is 19.5 Å². The lowest BCUT2D eigenvalue weighted by molar-refractivity contribution is 0.443. The number of rotatable bonds is 2. The maximum Gasteiger partial charge on any atom is 0.274 e. The second-order valence-corrected chi connectivity index (χ2v) is 6.10. The van der Waals surface area contributed by atoms with Crippen molar-refractivity contribution in [3.05, 3.63) is 33.9 Å². The summed E-state index contributed by atoms with van der Waals surface area (Å²) in [5, 5.41) is 7.87. The summed E-state index contributed by atoms with van der Waals surface area (Å²) in [6, 6.07) is 3.89. The van der Waals surface area contributed by atoms with Crippen LogP contribution in [0.1, 0.15) is 48.9 Å². The molecule has 106 valence electrons. The molecule has 0 spiro atoms. The van der Waals surface area contributed by atoms with Crippen LogP contribution in [0.15, 0.2) is 16.9 Å². The molecule has 5 heteroatoms. The summed E-state index contributed by atoms with van der Waals surface area (Å²) in [5.41, 5.74) is 3.19. The molecule has 2 aromatic heterocycles. The predicted molar refractivity (Wildman–Crippen MR) is 77.3 cm³/mol. The summed E-state index contributed by atoms with van der Waals surface area (Å²) in [4.78, 5) is 12.3. The average Bonchev–Trinajstić information content (AvgIpc) is 3.22. The van der Waals surface area contributed by atoms with E-state index in [2.05, 4.69) is 28.1 Å². The summed E-state index contributed by atoms with van der Waals surface area (Å²) in [6.07, 6.45) is 4.63. The molecule has 5 nitrogen and oxygen atoms in total. The fourth-order valence-electron chi connectivity index (χ4n) is 3.29. The Bertz CT molecular complexity index is 704. The summed E-state index contributed by atoms with van der Waals surface area (Å²) < 4.78 is 3.73. The van der Waals surface area contributed by atoms with Crippen molar-refractivity contribution in [2.75, 3.05) is 13.1 Å². The molecule has 1 saturated heterocycles. The SMILES string of the molecule is Cn1c(C2CCNCC2)cc(=O)n2nc(C3CC3)cc12. The van der Waals surface area contributed by atoms with Crippen molar-refractivity contribution in [2.24, 2.45) is 7.05 Å². The summed E-state index contributed by atoms with van der Waals surface area (Å²) in [6.45, 7) is 2.08. The highest BCUT2D eigenvalue weighted by atomic mass is 16.1. The highest BCUT2D eigenvalue weighted by molar-refractivity contribution is 5.44. The first-order chi connectivity index (χ1) is 9.74. The maximum atomic E-state index is 12.3. The van der Waals surface area contributed by atoms with Crippen LogP contribution in [0, 0.1) is 0 Å². The van der Waals surface area contributed by atoms with E-state index in [-0.39, 0.29) is 5.56 Å². The van der Waals surface area contributed by atoms with Crippen LogP contribution in [0.2, 0.25) is 0 Å². The number of hydrogen-bond acceptors (Lipinski definition) is 3. The van der Waals surface area contributed by atoms with Crippen molar-refractivity contribution in [1.29, 1.82) is 0 Å². The van der Waals surface area contributed by atoms with Crippen LogP contribution in [0.5, 0.6) is 0 Å². The van der Waals surface area contributed by atoms with Gasteiger partial charge in [0.15, 0.2) is 0 Å². The van der Waals surface area contributed by atoms with Gasteiger partial charge in [0, 0.05) is 36.7 Å². The van der Waals surface area contributed by atoms with Crippen LogP contribution in [0.25, 0.3) is 5.65 Å². The number of hydrogen-bond donors (Lipinski definition) is 1. The van der Waals surface area contributed by atoms with Gasteiger partial charge in [0.1, 0.15) is 5.65 Å². The minimum Gasteiger partial charge on any atom is -0.333 e. The van der Waals surface area contributed by atoms with Crippen molar-refractivity contribution in [3.8, 4) is 0 Å². The molecule has 1 N–H and O–H groups in total. The monoisotopic (exact) mass is 272 g/mol. The Labute approximate surface area is 117 Å². The minimum absolute atomic E-state index is 0.0125. The Balaban J connectivity index is 1.85. The van der Waals surface area contributed by atoms with E-state index in [1.807, 2.05) is 0 Å². The van der Waals surface area contributed by atoms with Gasteiger partial charge in [-0.15, -0.1) is 0 Å². The van der Waals surface area contributed by atoms with Gasteiger partial charge in [0.05, 0.1) is 5.69 Å². The van der Waals surface area contributed by atoms with Gasteiger partial charge in [-0.2, -0.15) is 9.61 Å². The Hall–Kier alpha value is -1.62. The largest absolute Gasteiger partial charge is 0.333 e. The highest BCUT2D eigenvalue weighted by Gasteiger charge is 2.27. The minimum atomic E-state index is 0.0125. The van der Waals surface area contributed by atoms with Gasteiger partial charge < -0.3 is 9.88 Å². The smallest absolute Gasteiger partial charge is 0.274 e. The number of aryl methyl sites for hydroxylation is 1. The van der Waals surface area contributed by atoms with Crippen LogP contribution in [0.4, 0.5) is 0 Å². The zero-order valence-corrected chi connectivity index (χ0v) is 11.8. The predicted octanol–water partition coefficient (Wildman–Crippen LogP) is 1.38. The molecule has 1 aliphatic heterocycles. The molecule has 0 unspecified atom stereocenters. The van der Waals surface area contributed by atoms with Gasteiger partial charge >= 0.3 is 0 Å². The molecule has 0 aromatic carbocycles. The summed E-state index contributed by atoms with van der Waals surface area (Å²) >= 11 is 0. The normalized spacial score (nSPS) is 20.6.